The van der Waals surface area contributed by atoms with Crippen molar-refractivity contribution in [2.45, 2.75) is 78.2 Å². The van der Waals surface area contributed by atoms with Crippen molar-refractivity contribution in [2.75, 3.05) is 19.7 Å². The highest BCUT2D eigenvalue weighted by atomic mass is 127. The first kappa shape index (κ1) is 26.2. The van der Waals surface area contributed by atoms with Gasteiger partial charge in [0.25, 0.3) is 0 Å². The summed E-state index contributed by atoms with van der Waals surface area (Å²) >= 11 is 2.29. The molecule has 1 aliphatic heterocycles. The lowest BCUT2D eigenvalue weighted by Gasteiger charge is -2.37. The van der Waals surface area contributed by atoms with Crippen LogP contribution in [-0.2, 0) is 16.2 Å². The van der Waals surface area contributed by atoms with Gasteiger partial charge in [-0.3, -0.25) is 0 Å². The molecule has 3 heterocycles. The van der Waals surface area contributed by atoms with E-state index in [9.17, 15) is 4.79 Å². The number of ether oxygens (including phenoxy) is 3. The minimum absolute atomic E-state index is 0.161. The molecule has 0 saturated carbocycles. The predicted molar refractivity (Wildman–Crippen MR) is 140 cm³/mol. The third kappa shape index (κ3) is 7.54. The number of hydrogen-bond donors (Lipinski definition) is 0. The Balaban J connectivity index is 1.72. The molecule has 0 spiro atoms. The summed E-state index contributed by atoms with van der Waals surface area (Å²) in [6.07, 6.45) is 3.95. The quantitative estimate of drug-likeness (QED) is 0.246. The molecule has 0 radical (unpaired) electrons. The maximum absolute atomic E-state index is 12.6. The van der Waals surface area contributed by atoms with Gasteiger partial charge in [0, 0.05) is 31.0 Å². The highest BCUT2D eigenvalue weighted by Gasteiger charge is 2.32. The van der Waals surface area contributed by atoms with Crippen LogP contribution in [0.1, 0.15) is 34.1 Å². The smallest absolute Gasteiger partial charge is 0.410 e. The van der Waals surface area contributed by atoms with E-state index in [0.717, 1.165) is 33.7 Å². The van der Waals surface area contributed by atoms with Crippen molar-refractivity contribution < 1.29 is 19.0 Å². The van der Waals surface area contributed by atoms with Crippen LogP contribution in [0.25, 0.3) is 11.0 Å². The predicted octanol–water partition coefficient (Wildman–Crippen LogP) is 5.37. The number of aromatic nitrogens is 3. The summed E-state index contributed by atoms with van der Waals surface area (Å²) in [5.74, 6) is 0.852. The molecule has 1 saturated heterocycles. The molecular formula is C23H37IN4O4Si. The molecule has 33 heavy (non-hydrogen) atoms. The summed E-state index contributed by atoms with van der Waals surface area (Å²) in [6, 6.07) is 1.13. The van der Waals surface area contributed by atoms with Gasteiger partial charge in [0.15, 0.2) is 0 Å². The summed E-state index contributed by atoms with van der Waals surface area (Å²) < 4.78 is 20.9. The Bertz CT molecular complexity index is 970. The first-order valence-corrected chi connectivity index (χ1v) is 16.3. The number of rotatable bonds is 7. The van der Waals surface area contributed by atoms with E-state index in [0.29, 0.717) is 31.6 Å². The average molecular weight is 589 g/mol. The van der Waals surface area contributed by atoms with Gasteiger partial charge in [0.05, 0.1) is 11.9 Å². The van der Waals surface area contributed by atoms with E-state index in [2.05, 4.69) is 59.1 Å². The zero-order valence-corrected chi connectivity index (χ0v) is 24.0. The zero-order valence-electron chi connectivity index (χ0n) is 20.9. The normalized spacial score (nSPS) is 19.7. The average Bonchev–Trinajstić information content (AvgIpc) is 2.99. The van der Waals surface area contributed by atoms with Crippen LogP contribution >= 0.6 is 22.6 Å². The van der Waals surface area contributed by atoms with Crippen LogP contribution in [0.15, 0.2) is 12.5 Å². The van der Waals surface area contributed by atoms with Crippen LogP contribution < -0.4 is 4.74 Å². The van der Waals surface area contributed by atoms with Crippen LogP contribution in [0.2, 0.25) is 25.7 Å². The Morgan fingerprint density at radius 2 is 1.97 bits per heavy atom. The van der Waals surface area contributed by atoms with E-state index in [1.165, 1.54) is 6.33 Å². The maximum Gasteiger partial charge on any atom is 0.410 e. The zero-order chi connectivity index (χ0) is 24.4. The minimum Gasteiger partial charge on any atom is -0.472 e. The highest BCUT2D eigenvalue weighted by molar-refractivity contribution is 14.1. The number of amides is 1. The fourth-order valence-corrected chi connectivity index (χ4v) is 5.36. The van der Waals surface area contributed by atoms with Gasteiger partial charge in [-0.2, -0.15) is 0 Å². The van der Waals surface area contributed by atoms with Crippen LogP contribution in [0.4, 0.5) is 4.79 Å². The molecule has 0 N–H and O–H groups in total. The molecule has 2 aromatic heterocycles. The van der Waals surface area contributed by atoms with Gasteiger partial charge in [0.2, 0.25) is 5.88 Å². The molecule has 1 amide bonds. The second kappa shape index (κ2) is 10.5. The topological polar surface area (TPSA) is 78.7 Å². The van der Waals surface area contributed by atoms with Gasteiger partial charge >= 0.3 is 6.09 Å². The number of nitrogens with zero attached hydrogens (tertiary/aromatic N) is 4. The number of carbonyl (C=O) groups is 1. The molecule has 3 rings (SSSR count). The molecule has 0 aromatic carbocycles. The van der Waals surface area contributed by atoms with Crippen molar-refractivity contribution in [1.29, 1.82) is 0 Å². The van der Waals surface area contributed by atoms with Gasteiger partial charge in [0.1, 0.15) is 30.4 Å². The Kier molecular flexibility index (Phi) is 8.31. The minimum atomic E-state index is -1.13. The van der Waals surface area contributed by atoms with Gasteiger partial charge in [-0.05, 0) is 61.7 Å². The van der Waals surface area contributed by atoms with Crippen molar-refractivity contribution >= 4 is 47.8 Å². The molecule has 2 aromatic rings. The first-order chi connectivity index (χ1) is 15.3. The second-order valence-electron chi connectivity index (χ2n) is 11.1. The van der Waals surface area contributed by atoms with E-state index < -0.39 is 13.7 Å². The molecule has 8 nitrogen and oxygen atoms in total. The molecule has 184 valence electrons. The Hall–Kier alpha value is -1.40. The van der Waals surface area contributed by atoms with Gasteiger partial charge in [-0.1, -0.05) is 26.6 Å². The molecule has 1 fully saturated rings. The van der Waals surface area contributed by atoms with Crippen molar-refractivity contribution in [1.82, 2.24) is 19.4 Å². The number of piperidine rings is 1. The maximum atomic E-state index is 12.6. The first-order valence-electron chi connectivity index (χ1n) is 11.5. The van der Waals surface area contributed by atoms with Crippen LogP contribution in [0, 0.1) is 9.49 Å². The van der Waals surface area contributed by atoms with Crippen LogP contribution in [0.3, 0.4) is 0 Å². The monoisotopic (exact) mass is 588 g/mol. The molecule has 0 unspecified atom stereocenters. The summed E-state index contributed by atoms with van der Waals surface area (Å²) in [4.78, 5) is 23.3. The Labute approximate surface area is 211 Å². The standard InChI is InChI=1S/C23H37IN4O4Si/c1-16-10-17(12-27(11-16)22(29)32-23(2,3)4)31-21-19-18(24)13-28(20(19)25-14-26-21)15-30-8-9-33(5,6)7/h13-14,16-17H,8-12,15H2,1-7H3/t16-,17+/m0/s1. The van der Waals surface area contributed by atoms with E-state index in [1.54, 1.807) is 4.90 Å². The largest absolute Gasteiger partial charge is 0.472 e. The van der Waals surface area contributed by atoms with Crippen molar-refractivity contribution in [3.05, 3.63) is 16.1 Å². The summed E-state index contributed by atoms with van der Waals surface area (Å²) in [7, 11) is -1.13. The number of likely N-dealkylation sites (tertiary alicyclic amines) is 1. The molecule has 1 aliphatic rings. The number of halogens is 1. The van der Waals surface area contributed by atoms with Gasteiger partial charge in [-0.15, -0.1) is 0 Å². The third-order valence-corrected chi connectivity index (χ3v) is 7.87. The van der Waals surface area contributed by atoms with E-state index in [1.807, 2.05) is 31.5 Å². The van der Waals surface area contributed by atoms with E-state index >= 15 is 0 Å². The SMILES string of the molecule is C[C@H]1C[C@@H](Oc2ncnc3c2c(I)cn3COCC[Si](C)(C)C)CN(C(=O)OC(C)(C)C)C1. The summed E-state index contributed by atoms with van der Waals surface area (Å²) in [6.45, 7) is 17.1. The summed E-state index contributed by atoms with van der Waals surface area (Å²) in [5.41, 5.74) is 0.272. The number of carbonyl (C=O) groups excluding carboxylic acids is 1. The van der Waals surface area contributed by atoms with Crippen molar-refractivity contribution in [2.24, 2.45) is 5.92 Å². The summed E-state index contributed by atoms with van der Waals surface area (Å²) in [5, 5.41) is 0.883. The van der Waals surface area contributed by atoms with E-state index in [-0.39, 0.29) is 12.2 Å². The van der Waals surface area contributed by atoms with Gasteiger partial charge in [-0.25, -0.2) is 14.8 Å². The Morgan fingerprint density at radius 3 is 2.64 bits per heavy atom. The van der Waals surface area contributed by atoms with Gasteiger partial charge < -0.3 is 23.7 Å². The van der Waals surface area contributed by atoms with E-state index in [4.69, 9.17) is 14.2 Å². The second-order valence-corrected chi connectivity index (χ2v) is 17.9. The van der Waals surface area contributed by atoms with Crippen LogP contribution in [0.5, 0.6) is 5.88 Å². The van der Waals surface area contributed by atoms with Crippen LogP contribution in [-0.4, -0.2) is 65.0 Å². The lowest BCUT2D eigenvalue weighted by molar-refractivity contribution is -0.000971. The number of hydrogen-bond acceptors (Lipinski definition) is 6. The van der Waals surface area contributed by atoms with Crippen molar-refractivity contribution in [3.63, 3.8) is 0 Å². The molecule has 2 atom stereocenters. The lowest BCUT2D eigenvalue weighted by atomic mass is 9.98. The number of fused-ring (bicyclic) bond motifs is 1. The molecule has 0 bridgehead atoms. The highest BCUT2D eigenvalue weighted by Crippen LogP contribution is 2.31. The molecule has 0 aliphatic carbocycles. The fraction of sp³-hybridized carbons (Fsp3) is 0.696. The molecule has 10 heteroatoms. The van der Waals surface area contributed by atoms with Crippen molar-refractivity contribution in [3.8, 4) is 5.88 Å². The molecular weight excluding hydrogens is 551 g/mol. The third-order valence-electron chi connectivity index (χ3n) is 5.35. The fourth-order valence-electron chi connectivity index (χ4n) is 3.79. The Morgan fingerprint density at radius 1 is 1.24 bits per heavy atom. The lowest BCUT2D eigenvalue weighted by Crippen LogP contribution is -2.49.